The first-order valence-corrected chi connectivity index (χ1v) is 5.63. The third kappa shape index (κ3) is 2.03. The van der Waals surface area contributed by atoms with Gasteiger partial charge in [-0.3, -0.25) is 9.55 Å². The Morgan fingerprint density at radius 2 is 2.00 bits per heavy atom. The lowest BCUT2D eigenvalue weighted by atomic mass is 10.3. The minimum atomic E-state index is -0.722. The monoisotopic (exact) mass is 255 g/mol. The Hall–Kier alpha value is -2.76. The summed E-state index contributed by atoms with van der Waals surface area (Å²) in [5.41, 5.74) is 0.466. The molecule has 0 atom stereocenters. The van der Waals surface area contributed by atoms with E-state index >= 15 is 0 Å². The van der Waals surface area contributed by atoms with Crippen LogP contribution in [0.4, 0.5) is 0 Å². The molecule has 0 aliphatic rings. The van der Waals surface area contributed by atoms with Crippen molar-refractivity contribution >= 4 is 11.0 Å². The maximum absolute atomic E-state index is 11.8. The highest BCUT2D eigenvalue weighted by Crippen LogP contribution is 2.06. The second-order valence-corrected chi connectivity index (χ2v) is 3.98. The van der Waals surface area contributed by atoms with Crippen molar-refractivity contribution in [3.63, 3.8) is 0 Å². The maximum Gasteiger partial charge on any atom is 0.423 e. The standard InChI is InChI=1S/C13H9N3O3/c17-12-10-4-2-6-15-11(10)16(13(18)19-12)8-9-3-1-5-14-7-9/h1-7H,8H2. The zero-order valence-electron chi connectivity index (χ0n) is 9.81. The topological polar surface area (TPSA) is 78.0 Å². The Balaban J connectivity index is 2.24. The van der Waals surface area contributed by atoms with Gasteiger partial charge in [-0.1, -0.05) is 6.07 Å². The van der Waals surface area contributed by atoms with Gasteiger partial charge in [-0.25, -0.2) is 14.6 Å². The normalized spacial score (nSPS) is 10.7. The Morgan fingerprint density at radius 3 is 2.79 bits per heavy atom. The molecule has 6 nitrogen and oxygen atoms in total. The summed E-state index contributed by atoms with van der Waals surface area (Å²) in [6, 6.07) is 6.81. The number of pyridine rings is 2. The van der Waals surface area contributed by atoms with Crippen LogP contribution in [-0.2, 0) is 6.54 Å². The Bertz CT molecular complexity index is 837. The zero-order chi connectivity index (χ0) is 13.2. The summed E-state index contributed by atoms with van der Waals surface area (Å²) >= 11 is 0. The minimum absolute atomic E-state index is 0.254. The van der Waals surface area contributed by atoms with Crippen LogP contribution in [0.2, 0.25) is 0 Å². The molecule has 0 unspecified atom stereocenters. The van der Waals surface area contributed by atoms with Crippen LogP contribution in [0.15, 0.2) is 56.9 Å². The fourth-order valence-corrected chi connectivity index (χ4v) is 1.86. The molecule has 3 aromatic rings. The van der Waals surface area contributed by atoms with Crippen LogP contribution in [0.25, 0.3) is 11.0 Å². The average molecular weight is 255 g/mol. The summed E-state index contributed by atoms with van der Waals surface area (Å²) in [6.07, 6.45) is 4.82. The maximum atomic E-state index is 11.8. The molecule has 0 aromatic carbocycles. The smallest absolute Gasteiger partial charge is 0.372 e. The number of aromatic nitrogens is 3. The van der Waals surface area contributed by atoms with Crippen LogP contribution in [0.1, 0.15) is 5.56 Å². The predicted octanol–water partition coefficient (Wildman–Crippen LogP) is 0.793. The average Bonchev–Trinajstić information content (AvgIpc) is 2.45. The second-order valence-electron chi connectivity index (χ2n) is 3.98. The molecule has 0 spiro atoms. The van der Waals surface area contributed by atoms with Crippen LogP contribution in [0, 0.1) is 0 Å². The summed E-state index contributed by atoms with van der Waals surface area (Å²) in [5.74, 6) is -0.722. The minimum Gasteiger partial charge on any atom is -0.372 e. The van der Waals surface area contributed by atoms with E-state index in [2.05, 4.69) is 14.4 Å². The molecule has 3 rings (SSSR count). The molecule has 94 valence electrons. The highest BCUT2D eigenvalue weighted by Gasteiger charge is 2.10. The lowest BCUT2D eigenvalue weighted by Crippen LogP contribution is -2.26. The third-order valence-electron chi connectivity index (χ3n) is 2.73. The molecule has 3 heterocycles. The van der Waals surface area contributed by atoms with Gasteiger partial charge in [-0.2, -0.15) is 0 Å². The zero-order valence-corrected chi connectivity index (χ0v) is 9.81. The largest absolute Gasteiger partial charge is 0.423 e. The van der Waals surface area contributed by atoms with Gasteiger partial charge in [-0.15, -0.1) is 0 Å². The molecule has 0 amide bonds. The number of hydrogen-bond donors (Lipinski definition) is 0. The van der Waals surface area contributed by atoms with Crippen molar-refractivity contribution in [3.05, 3.63) is 69.4 Å². The van der Waals surface area contributed by atoms with Gasteiger partial charge < -0.3 is 4.42 Å². The van der Waals surface area contributed by atoms with Gasteiger partial charge in [0, 0.05) is 18.6 Å². The summed E-state index contributed by atoms with van der Waals surface area (Å²) in [6.45, 7) is 0.254. The Kier molecular flexibility index (Phi) is 2.68. The van der Waals surface area contributed by atoms with E-state index in [1.807, 2.05) is 6.07 Å². The van der Waals surface area contributed by atoms with E-state index in [-0.39, 0.29) is 11.9 Å². The quantitative estimate of drug-likeness (QED) is 0.676. The van der Waals surface area contributed by atoms with E-state index in [1.165, 1.54) is 10.8 Å². The van der Waals surface area contributed by atoms with Crippen molar-refractivity contribution in [2.45, 2.75) is 6.54 Å². The Labute approximate surface area is 107 Å². The number of hydrogen-bond acceptors (Lipinski definition) is 5. The summed E-state index contributed by atoms with van der Waals surface area (Å²) in [7, 11) is 0. The first-order chi connectivity index (χ1) is 9.25. The molecule has 0 aliphatic heterocycles. The van der Waals surface area contributed by atoms with Gasteiger partial charge in [0.25, 0.3) is 0 Å². The molecule has 19 heavy (non-hydrogen) atoms. The van der Waals surface area contributed by atoms with Crippen molar-refractivity contribution in [3.8, 4) is 0 Å². The van der Waals surface area contributed by atoms with Crippen molar-refractivity contribution in [2.75, 3.05) is 0 Å². The highest BCUT2D eigenvalue weighted by atomic mass is 16.4. The molecule has 0 N–H and O–H groups in total. The van der Waals surface area contributed by atoms with Gasteiger partial charge in [-0.05, 0) is 23.8 Å². The highest BCUT2D eigenvalue weighted by molar-refractivity contribution is 5.72. The number of nitrogens with zero attached hydrogens (tertiary/aromatic N) is 3. The number of fused-ring (bicyclic) bond motifs is 1. The lowest BCUT2D eigenvalue weighted by molar-refractivity contribution is 0.423. The second kappa shape index (κ2) is 4.49. The SMILES string of the molecule is O=c1oc(=O)n(Cc2cccnc2)c2ncccc12. The van der Waals surface area contributed by atoms with E-state index in [0.717, 1.165) is 5.56 Å². The van der Waals surface area contributed by atoms with Gasteiger partial charge in [0.15, 0.2) is 5.65 Å². The molecule has 0 saturated carbocycles. The van der Waals surface area contributed by atoms with Gasteiger partial charge in [0.05, 0.1) is 6.54 Å². The van der Waals surface area contributed by atoms with Gasteiger partial charge >= 0.3 is 11.4 Å². The molecule has 0 bridgehead atoms. The van der Waals surface area contributed by atoms with E-state index in [4.69, 9.17) is 0 Å². The molecule has 0 saturated heterocycles. The Morgan fingerprint density at radius 1 is 1.16 bits per heavy atom. The molecule has 3 aromatic heterocycles. The van der Waals surface area contributed by atoms with E-state index in [0.29, 0.717) is 5.65 Å². The molecular formula is C13H9N3O3. The van der Waals surface area contributed by atoms with Crippen molar-refractivity contribution < 1.29 is 4.42 Å². The predicted molar refractivity (Wildman–Crippen MR) is 67.9 cm³/mol. The van der Waals surface area contributed by atoms with Crippen LogP contribution in [-0.4, -0.2) is 14.5 Å². The van der Waals surface area contributed by atoms with Crippen LogP contribution < -0.4 is 11.4 Å². The van der Waals surface area contributed by atoms with E-state index in [1.54, 1.807) is 30.6 Å². The molecule has 0 fully saturated rings. The fourth-order valence-electron chi connectivity index (χ4n) is 1.86. The van der Waals surface area contributed by atoms with Gasteiger partial charge in [0.1, 0.15) is 5.39 Å². The van der Waals surface area contributed by atoms with Gasteiger partial charge in [0.2, 0.25) is 0 Å². The summed E-state index contributed by atoms with van der Waals surface area (Å²) in [4.78, 5) is 31.4. The summed E-state index contributed by atoms with van der Waals surface area (Å²) in [5, 5.41) is 0.283. The van der Waals surface area contributed by atoms with Crippen molar-refractivity contribution in [2.24, 2.45) is 0 Å². The third-order valence-corrected chi connectivity index (χ3v) is 2.73. The lowest BCUT2D eigenvalue weighted by Gasteiger charge is -2.06. The van der Waals surface area contributed by atoms with Crippen LogP contribution >= 0.6 is 0 Å². The van der Waals surface area contributed by atoms with Crippen molar-refractivity contribution in [1.29, 1.82) is 0 Å². The van der Waals surface area contributed by atoms with E-state index in [9.17, 15) is 9.59 Å². The number of rotatable bonds is 2. The first kappa shape index (κ1) is 11.3. The fraction of sp³-hybridized carbons (Fsp3) is 0.0769. The molecule has 0 aliphatic carbocycles. The van der Waals surface area contributed by atoms with Crippen molar-refractivity contribution in [1.82, 2.24) is 14.5 Å². The molecule has 6 heteroatoms. The molecule has 0 radical (unpaired) electrons. The van der Waals surface area contributed by atoms with E-state index < -0.39 is 11.4 Å². The van der Waals surface area contributed by atoms with Crippen LogP contribution in [0.5, 0.6) is 0 Å². The summed E-state index contributed by atoms with van der Waals surface area (Å²) < 4.78 is 6.00. The van der Waals surface area contributed by atoms with Crippen LogP contribution in [0.3, 0.4) is 0 Å². The first-order valence-electron chi connectivity index (χ1n) is 5.63. The molecular weight excluding hydrogens is 246 g/mol.